The van der Waals surface area contributed by atoms with E-state index in [2.05, 4.69) is 12.2 Å². The number of hydrogen-bond donors (Lipinski definition) is 2. The molecule has 1 fully saturated rings. The Balaban J connectivity index is 2.19. The van der Waals surface area contributed by atoms with Gasteiger partial charge in [-0.05, 0) is 46.5 Å². The Morgan fingerprint density at radius 2 is 1.74 bits per heavy atom. The van der Waals surface area contributed by atoms with Crippen LogP contribution in [0.2, 0.25) is 0 Å². The first-order valence-corrected chi connectivity index (χ1v) is 7.94. The molecule has 1 rings (SSSR count). The van der Waals surface area contributed by atoms with Crippen LogP contribution in [0.15, 0.2) is 0 Å². The average Bonchev–Trinajstić information content (AvgIpc) is 2.61. The first-order valence-electron chi connectivity index (χ1n) is 7.94. The first-order chi connectivity index (χ1) is 8.88. The Labute approximate surface area is 119 Å². The Kier molecular flexibility index (Phi) is 7.33. The SMILES string of the molecule is C[C@@H](NCC(O)COC(C)(C)C)C1CCCCCC1. The lowest BCUT2D eigenvalue weighted by Crippen LogP contribution is -2.40. The van der Waals surface area contributed by atoms with Gasteiger partial charge in [0, 0.05) is 12.6 Å². The summed E-state index contributed by atoms with van der Waals surface area (Å²) in [6.45, 7) is 9.35. The minimum absolute atomic E-state index is 0.173. The van der Waals surface area contributed by atoms with Gasteiger partial charge in [-0.2, -0.15) is 0 Å². The summed E-state index contributed by atoms with van der Waals surface area (Å²) in [7, 11) is 0. The summed E-state index contributed by atoms with van der Waals surface area (Å²) >= 11 is 0. The second-order valence-electron chi connectivity index (χ2n) is 7.03. The molecule has 0 aromatic carbocycles. The van der Waals surface area contributed by atoms with E-state index in [1.54, 1.807) is 0 Å². The largest absolute Gasteiger partial charge is 0.389 e. The van der Waals surface area contributed by atoms with E-state index in [4.69, 9.17) is 4.74 Å². The minimum Gasteiger partial charge on any atom is -0.389 e. The van der Waals surface area contributed by atoms with Crippen molar-refractivity contribution in [2.45, 2.75) is 84.0 Å². The lowest BCUT2D eigenvalue weighted by atomic mass is 9.93. The zero-order valence-corrected chi connectivity index (χ0v) is 13.2. The maximum atomic E-state index is 9.93. The van der Waals surface area contributed by atoms with Crippen molar-refractivity contribution in [1.29, 1.82) is 0 Å². The van der Waals surface area contributed by atoms with Crippen LogP contribution in [0.4, 0.5) is 0 Å². The first kappa shape index (κ1) is 16.9. The normalized spacial score (nSPS) is 21.9. The summed E-state index contributed by atoms with van der Waals surface area (Å²) < 4.78 is 5.60. The zero-order valence-electron chi connectivity index (χ0n) is 13.2. The molecule has 0 aromatic heterocycles. The van der Waals surface area contributed by atoms with Crippen LogP contribution in [0.1, 0.15) is 66.2 Å². The highest BCUT2D eigenvalue weighted by Crippen LogP contribution is 2.25. The van der Waals surface area contributed by atoms with E-state index in [9.17, 15) is 5.11 Å². The van der Waals surface area contributed by atoms with Gasteiger partial charge < -0.3 is 15.2 Å². The highest BCUT2D eigenvalue weighted by atomic mass is 16.5. The third-order valence-corrected chi connectivity index (χ3v) is 3.99. The molecule has 0 saturated heterocycles. The number of rotatable bonds is 6. The van der Waals surface area contributed by atoms with Gasteiger partial charge in [0.1, 0.15) is 0 Å². The van der Waals surface area contributed by atoms with Gasteiger partial charge in [0.15, 0.2) is 0 Å². The lowest BCUT2D eigenvalue weighted by Gasteiger charge is -2.26. The maximum Gasteiger partial charge on any atom is 0.0898 e. The van der Waals surface area contributed by atoms with Crippen LogP contribution in [0.3, 0.4) is 0 Å². The van der Waals surface area contributed by atoms with E-state index >= 15 is 0 Å². The number of ether oxygens (including phenoxy) is 1. The van der Waals surface area contributed by atoms with Crippen LogP contribution in [-0.2, 0) is 4.74 Å². The van der Waals surface area contributed by atoms with Crippen molar-refractivity contribution >= 4 is 0 Å². The maximum absolute atomic E-state index is 9.93. The van der Waals surface area contributed by atoms with Gasteiger partial charge in [-0.25, -0.2) is 0 Å². The molecule has 0 heterocycles. The molecule has 3 heteroatoms. The summed E-state index contributed by atoms with van der Waals surface area (Å²) in [6, 6.07) is 0.502. The Hall–Kier alpha value is -0.120. The summed E-state index contributed by atoms with van der Waals surface area (Å²) in [5, 5.41) is 13.4. The number of hydrogen-bond acceptors (Lipinski definition) is 3. The quantitative estimate of drug-likeness (QED) is 0.729. The van der Waals surface area contributed by atoms with Crippen molar-refractivity contribution in [3.63, 3.8) is 0 Å². The summed E-state index contributed by atoms with van der Waals surface area (Å²) in [6.07, 6.45) is 7.79. The average molecular weight is 271 g/mol. The van der Waals surface area contributed by atoms with Crippen molar-refractivity contribution in [1.82, 2.24) is 5.32 Å². The molecule has 0 spiro atoms. The van der Waals surface area contributed by atoms with Crippen molar-refractivity contribution in [3.8, 4) is 0 Å². The zero-order chi connectivity index (χ0) is 14.3. The molecule has 3 nitrogen and oxygen atoms in total. The van der Waals surface area contributed by atoms with Crippen molar-refractivity contribution < 1.29 is 9.84 Å². The lowest BCUT2D eigenvalue weighted by molar-refractivity contribution is -0.0486. The van der Waals surface area contributed by atoms with E-state index in [1.807, 2.05) is 20.8 Å². The second-order valence-corrected chi connectivity index (χ2v) is 7.03. The minimum atomic E-state index is -0.410. The molecule has 1 unspecified atom stereocenters. The molecule has 19 heavy (non-hydrogen) atoms. The van der Waals surface area contributed by atoms with Crippen LogP contribution < -0.4 is 5.32 Å². The van der Waals surface area contributed by atoms with E-state index in [-0.39, 0.29) is 5.60 Å². The fourth-order valence-electron chi connectivity index (χ4n) is 2.70. The fraction of sp³-hybridized carbons (Fsp3) is 1.00. The number of aliphatic hydroxyl groups excluding tert-OH is 1. The van der Waals surface area contributed by atoms with Crippen molar-refractivity contribution in [2.75, 3.05) is 13.2 Å². The van der Waals surface area contributed by atoms with Gasteiger partial charge in [0.25, 0.3) is 0 Å². The molecule has 114 valence electrons. The van der Waals surface area contributed by atoms with Gasteiger partial charge in [0.05, 0.1) is 18.3 Å². The second kappa shape index (κ2) is 8.23. The van der Waals surface area contributed by atoms with Gasteiger partial charge in [-0.1, -0.05) is 25.7 Å². The Bertz CT molecular complexity index is 229. The molecule has 2 atom stereocenters. The molecular formula is C16H33NO2. The molecule has 0 aromatic rings. The molecule has 2 N–H and O–H groups in total. The van der Waals surface area contributed by atoms with Crippen molar-refractivity contribution in [3.05, 3.63) is 0 Å². The molecule has 0 radical (unpaired) electrons. The van der Waals surface area contributed by atoms with Crippen LogP contribution >= 0.6 is 0 Å². The third kappa shape index (κ3) is 7.91. The van der Waals surface area contributed by atoms with Crippen LogP contribution in [-0.4, -0.2) is 36.0 Å². The Morgan fingerprint density at radius 1 is 1.16 bits per heavy atom. The monoisotopic (exact) mass is 271 g/mol. The standard InChI is InChI=1S/C16H33NO2/c1-13(14-9-7-5-6-8-10-14)17-11-15(18)12-19-16(2,3)4/h13-15,17-18H,5-12H2,1-4H3/t13-,15?/m1/s1. The van der Waals surface area contributed by atoms with E-state index in [0.717, 1.165) is 5.92 Å². The van der Waals surface area contributed by atoms with Crippen LogP contribution in [0.25, 0.3) is 0 Å². The van der Waals surface area contributed by atoms with Crippen LogP contribution in [0, 0.1) is 5.92 Å². The Morgan fingerprint density at radius 3 is 2.26 bits per heavy atom. The highest BCUT2D eigenvalue weighted by molar-refractivity contribution is 4.76. The van der Waals surface area contributed by atoms with Crippen molar-refractivity contribution in [2.24, 2.45) is 5.92 Å². The van der Waals surface area contributed by atoms with E-state index < -0.39 is 6.10 Å². The van der Waals surface area contributed by atoms with Gasteiger partial charge in [-0.15, -0.1) is 0 Å². The number of nitrogens with one attached hydrogen (secondary N) is 1. The van der Waals surface area contributed by atoms with Gasteiger partial charge >= 0.3 is 0 Å². The predicted molar refractivity (Wildman–Crippen MR) is 80.4 cm³/mol. The summed E-state index contributed by atoms with van der Waals surface area (Å²) in [4.78, 5) is 0. The predicted octanol–water partition coefficient (Wildman–Crippen LogP) is 3.11. The van der Waals surface area contributed by atoms with E-state index in [0.29, 0.717) is 19.2 Å². The molecule has 0 aliphatic heterocycles. The summed E-state index contributed by atoms with van der Waals surface area (Å²) in [5.41, 5.74) is -0.173. The topological polar surface area (TPSA) is 41.5 Å². The smallest absolute Gasteiger partial charge is 0.0898 e. The highest BCUT2D eigenvalue weighted by Gasteiger charge is 2.20. The number of aliphatic hydroxyl groups is 1. The fourth-order valence-corrected chi connectivity index (χ4v) is 2.70. The molecule has 0 amide bonds. The summed E-state index contributed by atoms with van der Waals surface area (Å²) in [5.74, 6) is 0.776. The molecule has 1 saturated carbocycles. The molecular weight excluding hydrogens is 238 g/mol. The molecule has 1 aliphatic carbocycles. The third-order valence-electron chi connectivity index (χ3n) is 3.99. The van der Waals surface area contributed by atoms with Gasteiger partial charge in [0.2, 0.25) is 0 Å². The van der Waals surface area contributed by atoms with Gasteiger partial charge in [-0.3, -0.25) is 0 Å². The molecule has 0 bridgehead atoms. The van der Waals surface area contributed by atoms with E-state index in [1.165, 1.54) is 38.5 Å². The van der Waals surface area contributed by atoms with Crippen LogP contribution in [0.5, 0.6) is 0 Å². The molecule has 1 aliphatic rings.